The van der Waals surface area contributed by atoms with Crippen LogP contribution in [0, 0.1) is 12.8 Å². The number of piperidine rings is 1. The number of hydrogen-bond acceptors (Lipinski definition) is 3. The minimum Gasteiger partial charge on any atom is -0.341 e. The zero-order valence-corrected chi connectivity index (χ0v) is 15.9. The number of rotatable bonds is 5. The molecule has 1 aliphatic heterocycles. The van der Waals surface area contributed by atoms with Crippen LogP contribution in [-0.4, -0.2) is 45.1 Å². The highest BCUT2D eigenvalue weighted by Crippen LogP contribution is 2.28. The molecular weight excluding hydrogens is 324 g/mol. The fourth-order valence-corrected chi connectivity index (χ4v) is 4.14. The van der Waals surface area contributed by atoms with Crippen molar-refractivity contribution in [3.63, 3.8) is 0 Å². The van der Waals surface area contributed by atoms with E-state index >= 15 is 0 Å². The number of benzene rings is 1. The number of sulfonamides is 1. The predicted octanol–water partition coefficient (Wildman–Crippen LogP) is 2.58. The summed E-state index contributed by atoms with van der Waals surface area (Å²) in [5.74, 6) is 0.515. The topological polar surface area (TPSA) is 57.7 Å². The Hall–Kier alpha value is -1.56. The average Bonchev–Trinajstić information content (AvgIpc) is 2.52. The molecule has 0 spiro atoms. The number of likely N-dealkylation sites (tertiary alicyclic amines) is 1. The third-order valence-corrected chi connectivity index (χ3v) is 5.88. The van der Waals surface area contributed by atoms with E-state index in [1.165, 1.54) is 10.6 Å². The molecule has 0 unspecified atom stereocenters. The molecule has 1 saturated heterocycles. The third kappa shape index (κ3) is 4.29. The SMILES string of the molecule is CCc1cccc(C)c1N(CC(=O)N1CCC(C)CC1)S(C)(=O)=O. The van der Waals surface area contributed by atoms with Crippen LogP contribution < -0.4 is 4.31 Å². The molecule has 24 heavy (non-hydrogen) atoms. The van der Waals surface area contributed by atoms with E-state index in [0.29, 0.717) is 24.7 Å². The summed E-state index contributed by atoms with van der Waals surface area (Å²) in [6.07, 6.45) is 3.85. The van der Waals surface area contributed by atoms with Gasteiger partial charge in [0.1, 0.15) is 6.54 Å². The second-order valence-electron chi connectivity index (χ2n) is 6.77. The van der Waals surface area contributed by atoms with Gasteiger partial charge in [-0.1, -0.05) is 32.0 Å². The zero-order chi connectivity index (χ0) is 17.9. The lowest BCUT2D eigenvalue weighted by Gasteiger charge is -2.33. The van der Waals surface area contributed by atoms with Crippen LogP contribution >= 0.6 is 0 Å². The maximum atomic E-state index is 12.7. The number of hydrogen-bond donors (Lipinski definition) is 0. The van der Waals surface area contributed by atoms with Crippen molar-refractivity contribution in [3.05, 3.63) is 29.3 Å². The van der Waals surface area contributed by atoms with Gasteiger partial charge in [-0.05, 0) is 43.2 Å². The molecule has 1 aromatic rings. The van der Waals surface area contributed by atoms with E-state index in [9.17, 15) is 13.2 Å². The van der Waals surface area contributed by atoms with Crippen molar-refractivity contribution in [1.29, 1.82) is 0 Å². The molecule has 0 atom stereocenters. The normalized spacial score (nSPS) is 16.2. The van der Waals surface area contributed by atoms with Crippen LogP contribution in [0.5, 0.6) is 0 Å². The molecule has 1 fully saturated rings. The Morgan fingerprint density at radius 3 is 2.46 bits per heavy atom. The van der Waals surface area contributed by atoms with Crippen LogP contribution in [0.2, 0.25) is 0 Å². The fraction of sp³-hybridized carbons (Fsp3) is 0.611. The Bertz CT molecular complexity index is 692. The maximum absolute atomic E-state index is 12.7. The van der Waals surface area contributed by atoms with E-state index in [1.54, 1.807) is 4.90 Å². The summed E-state index contributed by atoms with van der Waals surface area (Å²) >= 11 is 0. The predicted molar refractivity (Wildman–Crippen MR) is 97.7 cm³/mol. The van der Waals surface area contributed by atoms with Crippen molar-refractivity contribution in [2.45, 2.75) is 40.0 Å². The number of carbonyl (C=O) groups excluding carboxylic acids is 1. The molecule has 6 heteroatoms. The van der Waals surface area contributed by atoms with E-state index in [1.807, 2.05) is 32.0 Å². The van der Waals surface area contributed by atoms with Gasteiger partial charge in [-0.25, -0.2) is 8.42 Å². The molecule has 1 amide bonds. The number of nitrogens with zero attached hydrogens (tertiary/aromatic N) is 2. The molecule has 5 nitrogen and oxygen atoms in total. The molecule has 2 rings (SSSR count). The Morgan fingerprint density at radius 2 is 1.92 bits per heavy atom. The molecule has 0 saturated carbocycles. The molecule has 0 bridgehead atoms. The second kappa shape index (κ2) is 7.55. The van der Waals surface area contributed by atoms with Crippen LogP contribution in [0.25, 0.3) is 0 Å². The molecule has 0 N–H and O–H groups in total. The summed E-state index contributed by atoms with van der Waals surface area (Å²) in [7, 11) is -3.53. The fourth-order valence-electron chi connectivity index (χ4n) is 3.20. The summed E-state index contributed by atoms with van der Waals surface area (Å²) < 4.78 is 26.0. The van der Waals surface area contributed by atoms with Gasteiger partial charge in [0.2, 0.25) is 15.9 Å². The van der Waals surface area contributed by atoms with Gasteiger partial charge in [0.15, 0.2) is 0 Å². The summed E-state index contributed by atoms with van der Waals surface area (Å²) in [6, 6.07) is 5.74. The smallest absolute Gasteiger partial charge is 0.243 e. The first-order valence-electron chi connectivity index (χ1n) is 8.58. The van der Waals surface area contributed by atoms with E-state index < -0.39 is 10.0 Å². The summed E-state index contributed by atoms with van der Waals surface area (Å²) in [5.41, 5.74) is 2.47. The van der Waals surface area contributed by atoms with Crippen LogP contribution in [0.1, 0.15) is 37.8 Å². The maximum Gasteiger partial charge on any atom is 0.243 e. The Balaban J connectivity index is 2.30. The van der Waals surface area contributed by atoms with Gasteiger partial charge in [0, 0.05) is 13.1 Å². The van der Waals surface area contributed by atoms with E-state index in [2.05, 4.69) is 6.92 Å². The van der Waals surface area contributed by atoms with E-state index in [4.69, 9.17) is 0 Å². The van der Waals surface area contributed by atoms with Crippen molar-refractivity contribution in [2.24, 2.45) is 5.92 Å². The second-order valence-corrected chi connectivity index (χ2v) is 8.68. The highest BCUT2D eigenvalue weighted by Gasteiger charge is 2.28. The first-order chi connectivity index (χ1) is 11.2. The van der Waals surface area contributed by atoms with Crippen molar-refractivity contribution in [3.8, 4) is 0 Å². The highest BCUT2D eigenvalue weighted by atomic mass is 32.2. The van der Waals surface area contributed by atoms with Gasteiger partial charge in [-0.3, -0.25) is 9.10 Å². The molecular formula is C18H28N2O3S. The third-order valence-electron chi connectivity index (χ3n) is 4.77. The van der Waals surface area contributed by atoms with Gasteiger partial charge < -0.3 is 4.90 Å². The molecule has 134 valence electrons. The lowest BCUT2D eigenvalue weighted by atomic mass is 9.99. The standard InChI is InChI=1S/C18H28N2O3S/c1-5-16-8-6-7-15(3)18(16)20(24(4,22)23)13-17(21)19-11-9-14(2)10-12-19/h6-8,14H,5,9-13H2,1-4H3. The van der Waals surface area contributed by atoms with Crippen molar-refractivity contribution in [2.75, 3.05) is 30.2 Å². The summed E-state index contributed by atoms with van der Waals surface area (Å²) in [4.78, 5) is 14.5. The minimum atomic E-state index is -3.53. The lowest BCUT2D eigenvalue weighted by Crippen LogP contribution is -2.45. The largest absolute Gasteiger partial charge is 0.341 e. The summed E-state index contributed by atoms with van der Waals surface area (Å²) in [6.45, 7) is 7.38. The number of para-hydroxylation sites is 1. The van der Waals surface area contributed by atoms with Crippen molar-refractivity contribution < 1.29 is 13.2 Å². The lowest BCUT2D eigenvalue weighted by molar-refractivity contribution is -0.130. The van der Waals surface area contributed by atoms with Crippen LogP contribution in [-0.2, 0) is 21.2 Å². The van der Waals surface area contributed by atoms with Crippen molar-refractivity contribution in [1.82, 2.24) is 4.90 Å². The Morgan fingerprint density at radius 1 is 1.29 bits per heavy atom. The van der Waals surface area contributed by atoms with Gasteiger partial charge in [0.05, 0.1) is 11.9 Å². The zero-order valence-electron chi connectivity index (χ0n) is 15.1. The van der Waals surface area contributed by atoms with Gasteiger partial charge >= 0.3 is 0 Å². The minimum absolute atomic E-state index is 0.113. The monoisotopic (exact) mass is 352 g/mol. The number of aryl methyl sites for hydroxylation is 2. The van der Waals surface area contributed by atoms with Gasteiger partial charge in [0.25, 0.3) is 0 Å². The molecule has 1 heterocycles. The number of carbonyl (C=O) groups is 1. The Kier molecular flexibility index (Phi) is 5.91. The first-order valence-corrected chi connectivity index (χ1v) is 10.4. The van der Waals surface area contributed by atoms with Crippen LogP contribution in [0.3, 0.4) is 0 Å². The van der Waals surface area contributed by atoms with Crippen LogP contribution in [0.4, 0.5) is 5.69 Å². The molecule has 0 radical (unpaired) electrons. The quantitative estimate of drug-likeness (QED) is 0.818. The van der Waals surface area contributed by atoms with E-state index in [-0.39, 0.29) is 12.5 Å². The average molecular weight is 353 g/mol. The summed E-state index contributed by atoms with van der Waals surface area (Å²) in [5, 5.41) is 0. The van der Waals surface area contributed by atoms with Gasteiger partial charge in [-0.2, -0.15) is 0 Å². The number of amides is 1. The first kappa shape index (κ1) is 18.8. The number of anilines is 1. The molecule has 1 aromatic carbocycles. The molecule has 0 aromatic heterocycles. The van der Waals surface area contributed by atoms with E-state index in [0.717, 1.165) is 30.4 Å². The molecule has 1 aliphatic rings. The highest BCUT2D eigenvalue weighted by molar-refractivity contribution is 7.92. The van der Waals surface area contributed by atoms with Crippen molar-refractivity contribution >= 4 is 21.6 Å². The molecule has 0 aliphatic carbocycles. The van der Waals surface area contributed by atoms with Crippen LogP contribution in [0.15, 0.2) is 18.2 Å². The van der Waals surface area contributed by atoms with Gasteiger partial charge in [-0.15, -0.1) is 0 Å². The Labute approximate surface area is 145 Å².